The number of thioether (sulfide) groups is 1. The maximum atomic E-state index is 13.5. The molecule has 0 fully saturated rings. The highest BCUT2D eigenvalue weighted by Crippen LogP contribution is 2.37. The van der Waals surface area contributed by atoms with Crippen LogP contribution in [0.5, 0.6) is 11.5 Å². The summed E-state index contributed by atoms with van der Waals surface area (Å²) >= 11 is 1.21. The predicted molar refractivity (Wildman–Crippen MR) is 146 cm³/mol. The molecule has 0 aromatic heterocycles. The van der Waals surface area contributed by atoms with Crippen LogP contribution in [0.2, 0.25) is 0 Å². The molecule has 198 valence electrons. The number of anilines is 1. The van der Waals surface area contributed by atoms with Gasteiger partial charge in [0.25, 0.3) is 5.91 Å². The second kappa shape index (κ2) is 11.3. The van der Waals surface area contributed by atoms with Crippen molar-refractivity contribution in [2.45, 2.75) is 50.8 Å². The normalized spacial score (nSPS) is 17.8. The summed E-state index contributed by atoms with van der Waals surface area (Å²) < 4.78 is 10.7. The fraction of sp³-hybridized carbons (Fsp3) is 0.370. The first kappa shape index (κ1) is 25.8. The minimum absolute atomic E-state index is 0.0372. The number of para-hydroxylation sites is 1. The summed E-state index contributed by atoms with van der Waals surface area (Å²) in [4.78, 5) is 50.0. The number of fused-ring (bicyclic) bond motifs is 4. The molecule has 0 spiro atoms. The molecule has 0 aliphatic carbocycles. The third kappa shape index (κ3) is 5.24. The maximum Gasteiger partial charge on any atom is 0.259 e. The third-order valence-corrected chi connectivity index (χ3v) is 7.65. The van der Waals surface area contributed by atoms with Crippen molar-refractivity contribution in [3.05, 3.63) is 48.0 Å². The molecular weight excluding hydrogens is 506 g/mol. The predicted octanol–water partition coefficient (Wildman–Crippen LogP) is 3.83. The molecule has 38 heavy (non-hydrogen) atoms. The van der Waals surface area contributed by atoms with Crippen LogP contribution in [0, 0.1) is 0 Å². The quantitative estimate of drug-likeness (QED) is 0.471. The number of carbonyl (C=O) groups is 3. The van der Waals surface area contributed by atoms with E-state index in [2.05, 4.69) is 15.6 Å². The lowest BCUT2D eigenvalue weighted by molar-refractivity contribution is -0.128. The summed E-state index contributed by atoms with van der Waals surface area (Å²) in [5.74, 6) is 0.903. The number of nitrogens with one attached hydrogen (secondary N) is 2. The topological polar surface area (TPSA) is 122 Å². The van der Waals surface area contributed by atoms with Crippen LogP contribution in [0.3, 0.4) is 0 Å². The molecule has 2 N–H and O–H groups in total. The van der Waals surface area contributed by atoms with E-state index in [0.717, 1.165) is 18.4 Å². The number of amidine groups is 2. The molecule has 3 aliphatic rings. The van der Waals surface area contributed by atoms with E-state index < -0.39 is 11.3 Å². The van der Waals surface area contributed by atoms with Crippen LogP contribution in [-0.2, 0) is 14.4 Å². The molecule has 0 saturated heterocycles. The number of aliphatic imine (C=N–C) groups is 2. The molecule has 2 aromatic rings. The number of ether oxygens (including phenoxy) is 2. The molecule has 0 radical (unpaired) electrons. The summed E-state index contributed by atoms with van der Waals surface area (Å²) in [7, 11) is 0. The summed E-state index contributed by atoms with van der Waals surface area (Å²) in [6.45, 7) is 4.67. The van der Waals surface area contributed by atoms with E-state index in [1.54, 1.807) is 18.2 Å². The van der Waals surface area contributed by atoms with E-state index in [-0.39, 0.29) is 30.9 Å². The summed E-state index contributed by atoms with van der Waals surface area (Å²) in [5, 5.41) is 5.62. The standard InChI is InChI=1S/C27H29N5O5S/c1-3-5-12-28-23(33)14-19-26(35)32-24(30-19)17-8-6-7-9-18(17)31-27(32)38-22(4-2)25(34)29-16-10-11-20-21(13-16)37-15-36-20/h6-11,13,19,22H,3-5,12,14-15H2,1-2H3,(H,28,33)(H,29,34)/t19-,22-/m0/s1. The van der Waals surface area contributed by atoms with Gasteiger partial charge in [-0.15, -0.1) is 0 Å². The van der Waals surface area contributed by atoms with E-state index in [9.17, 15) is 14.4 Å². The highest BCUT2D eigenvalue weighted by molar-refractivity contribution is 8.15. The largest absolute Gasteiger partial charge is 0.454 e. The van der Waals surface area contributed by atoms with Crippen LogP contribution >= 0.6 is 11.8 Å². The number of carbonyl (C=O) groups excluding carboxylic acids is 3. The van der Waals surface area contributed by atoms with Crippen LogP contribution in [0.4, 0.5) is 11.4 Å². The minimum atomic E-state index is -0.842. The molecule has 0 saturated carbocycles. The van der Waals surface area contributed by atoms with Gasteiger partial charge in [-0.1, -0.05) is 44.2 Å². The first-order valence-electron chi connectivity index (χ1n) is 12.7. The molecular formula is C27H29N5O5S. The second-order valence-corrected chi connectivity index (χ2v) is 10.2. The van der Waals surface area contributed by atoms with Crippen molar-refractivity contribution in [1.82, 2.24) is 10.2 Å². The number of nitrogens with zero attached hydrogens (tertiary/aromatic N) is 3. The van der Waals surface area contributed by atoms with Crippen LogP contribution in [0.15, 0.2) is 52.4 Å². The zero-order valence-electron chi connectivity index (χ0n) is 21.2. The van der Waals surface area contributed by atoms with E-state index in [0.29, 0.717) is 46.8 Å². The lowest BCUT2D eigenvalue weighted by Crippen LogP contribution is -2.43. The van der Waals surface area contributed by atoms with Gasteiger partial charge in [0.2, 0.25) is 18.6 Å². The van der Waals surface area contributed by atoms with Crippen molar-refractivity contribution in [3.63, 3.8) is 0 Å². The van der Waals surface area contributed by atoms with Gasteiger partial charge in [0.1, 0.15) is 11.9 Å². The minimum Gasteiger partial charge on any atom is -0.454 e. The highest BCUT2D eigenvalue weighted by atomic mass is 32.2. The van der Waals surface area contributed by atoms with Crippen molar-refractivity contribution in [1.29, 1.82) is 0 Å². The highest BCUT2D eigenvalue weighted by Gasteiger charge is 2.43. The lowest BCUT2D eigenvalue weighted by Gasteiger charge is -2.27. The van der Waals surface area contributed by atoms with Gasteiger partial charge in [0.15, 0.2) is 16.7 Å². The molecule has 3 heterocycles. The van der Waals surface area contributed by atoms with Crippen molar-refractivity contribution in [2.75, 3.05) is 18.7 Å². The molecule has 2 aromatic carbocycles. The average Bonchev–Trinajstić information content (AvgIpc) is 3.51. The molecule has 10 nitrogen and oxygen atoms in total. The Balaban J connectivity index is 1.34. The van der Waals surface area contributed by atoms with Crippen LogP contribution < -0.4 is 20.1 Å². The molecule has 11 heteroatoms. The first-order valence-corrected chi connectivity index (χ1v) is 13.6. The zero-order valence-corrected chi connectivity index (χ0v) is 22.0. The van der Waals surface area contributed by atoms with Gasteiger partial charge in [0, 0.05) is 23.9 Å². The van der Waals surface area contributed by atoms with Crippen molar-refractivity contribution >= 4 is 51.9 Å². The average molecular weight is 536 g/mol. The lowest BCUT2D eigenvalue weighted by atomic mass is 10.1. The Morgan fingerprint density at radius 1 is 1.16 bits per heavy atom. The fourth-order valence-corrected chi connectivity index (χ4v) is 5.33. The smallest absolute Gasteiger partial charge is 0.259 e. The number of benzene rings is 2. The number of amides is 3. The summed E-state index contributed by atoms with van der Waals surface area (Å²) in [5.41, 5.74) is 1.97. The van der Waals surface area contributed by atoms with Crippen LogP contribution in [-0.4, -0.2) is 58.3 Å². The number of unbranched alkanes of at least 4 members (excludes halogenated alkanes) is 1. The van der Waals surface area contributed by atoms with Gasteiger partial charge in [-0.25, -0.2) is 9.89 Å². The molecule has 3 amide bonds. The van der Waals surface area contributed by atoms with E-state index in [4.69, 9.17) is 14.5 Å². The molecule has 5 rings (SSSR count). The summed E-state index contributed by atoms with van der Waals surface area (Å²) in [6.07, 6.45) is 2.30. The number of hydrogen-bond donors (Lipinski definition) is 2. The Kier molecular flexibility index (Phi) is 7.64. The molecule has 2 atom stereocenters. The maximum absolute atomic E-state index is 13.5. The van der Waals surface area contributed by atoms with Crippen molar-refractivity contribution < 1.29 is 23.9 Å². The molecule has 0 unspecified atom stereocenters. The Labute approximate surface area is 224 Å². The van der Waals surface area contributed by atoms with Gasteiger partial charge in [-0.05, 0) is 37.1 Å². The SMILES string of the molecule is CCCCNC(=O)C[C@@H]1N=C2c3ccccc3N=C(S[C@@H](CC)C(=O)Nc3ccc4c(c3)OCO4)N2C1=O. The van der Waals surface area contributed by atoms with Crippen molar-refractivity contribution in [3.8, 4) is 11.5 Å². The van der Waals surface area contributed by atoms with Gasteiger partial charge in [-0.3, -0.25) is 19.4 Å². The first-order chi connectivity index (χ1) is 18.5. The molecule has 0 bridgehead atoms. The Hall–Kier alpha value is -3.86. The van der Waals surface area contributed by atoms with Gasteiger partial charge in [0.05, 0.1) is 17.4 Å². The van der Waals surface area contributed by atoms with Crippen LogP contribution in [0.25, 0.3) is 0 Å². The number of rotatable bonds is 9. The number of hydrogen-bond acceptors (Lipinski definition) is 8. The monoisotopic (exact) mass is 535 g/mol. The molecule has 3 aliphatic heterocycles. The van der Waals surface area contributed by atoms with Gasteiger partial charge < -0.3 is 20.1 Å². The Morgan fingerprint density at radius 3 is 2.79 bits per heavy atom. The third-order valence-electron chi connectivity index (χ3n) is 6.33. The second-order valence-electron chi connectivity index (χ2n) is 9.03. The van der Waals surface area contributed by atoms with E-state index >= 15 is 0 Å². The Morgan fingerprint density at radius 2 is 1.97 bits per heavy atom. The van der Waals surface area contributed by atoms with E-state index in [1.807, 2.05) is 38.1 Å². The fourth-order valence-electron chi connectivity index (χ4n) is 4.31. The van der Waals surface area contributed by atoms with Crippen molar-refractivity contribution in [2.24, 2.45) is 9.98 Å². The van der Waals surface area contributed by atoms with E-state index in [1.165, 1.54) is 16.7 Å². The zero-order chi connectivity index (χ0) is 26.6. The van der Waals surface area contributed by atoms with Crippen LogP contribution in [0.1, 0.15) is 45.1 Å². The van der Waals surface area contributed by atoms with Gasteiger partial charge >= 0.3 is 0 Å². The van der Waals surface area contributed by atoms with Gasteiger partial charge in [-0.2, -0.15) is 0 Å². The Bertz CT molecular complexity index is 1330. The summed E-state index contributed by atoms with van der Waals surface area (Å²) in [6, 6.07) is 11.8.